The highest BCUT2D eigenvalue weighted by atomic mass is 29.1. The van der Waals surface area contributed by atoms with Gasteiger partial charge in [0.05, 0.1) is 0 Å². The van der Waals surface area contributed by atoms with Gasteiger partial charge in [-0.2, -0.15) is 0 Å². The summed E-state index contributed by atoms with van der Waals surface area (Å²) >= 11 is 0. The average molecular weight is 355 g/mol. The first-order chi connectivity index (χ1) is 10.3. The zero-order valence-electron chi connectivity index (χ0n) is 13.1. The summed E-state index contributed by atoms with van der Waals surface area (Å²) in [6.07, 6.45) is 2.04. The maximum Gasteiger partial charge on any atom is 0.303 e. The largest absolute Gasteiger partial charge is 0.481 e. The Bertz CT molecular complexity index is 269. The molecule has 0 heterocycles. The average Bonchev–Trinajstić information content (AvgIpc) is 2.42. The number of hydrogen-bond donors (Lipinski definition) is 4. The highest BCUT2D eigenvalue weighted by Gasteiger charge is 1.99. The van der Waals surface area contributed by atoms with Crippen LogP contribution in [0, 0.1) is 0 Å². The predicted octanol–water partition coefficient (Wildman–Crippen LogP) is -0.936. The second kappa shape index (κ2) is 19.3. The van der Waals surface area contributed by atoms with Gasteiger partial charge in [-0.25, -0.2) is 0 Å². The highest BCUT2D eigenvalue weighted by Crippen LogP contribution is 1.99. The van der Waals surface area contributed by atoms with E-state index < -0.39 is 23.9 Å². The van der Waals surface area contributed by atoms with Crippen LogP contribution in [-0.4, -0.2) is 63.8 Å². The van der Waals surface area contributed by atoms with Crippen molar-refractivity contribution in [2.75, 3.05) is 0 Å². The van der Waals surface area contributed by atoms with Crippen molar-refractivity contribution in [1.29, 1.82) is 0 Å². The lowest BCUT2D eigenvalue weighted by molar-refractivity contribution is -0.139. The molecule has 0 spiro atoms. The second-order valence-corrected chi connectivity index (χ2v) is 3.99. The quantitative estimate of drug-likeness (QED) is 0.290. The number of unbranched alkanes of at least 4 members (excludes halogenated alkanes) is 2. The van der Waals surface area contributed by atoms with Gasteiger partial charge >= 0.3 is 23.9 Å². The van der Waals surface area contributed by atoms with Gasteiger partial charge in [-0.3, -0.25) is 19.2 Å². The number of carbonyl (C=O) groups is 4. The lowest BCUT2D eigenvalue weighted by Crippen LogP contribution is -1.97. The first-order valence-corrected chi connectivity index (χ1v) is 15.1. The van der Waals surface area contributed by atoms with E-state index in [1.807, 2.05) is 0 Å². The summed E-state index contributed by atoms with van der Waals surface area (Å²) in [6.45, 7) is 0. The summed E-state index contributed by atoms with van der Waals surface area (Å²) in [7, 11) is 2.89. The van der Waals surface area contributed by atoms with Crippen molar-refractivity contribution in [3.05, 3.63) is 0 Å². The molecule has 0 amide bonds. The molecule has 0 radical (unpaired) electrons. The Kier molecular flexibility index (Phi) is 22.2. The summed E-state index contributed by atoms with van der Waals surface area (Å²) in [5, 5.41) is 32.5. The molecule has 8 nitrogen and oxygen atoms in total. The summed E-state index contributed by atoms with van der Waals surface area (Å²) in [5.41, 5.74) is 0. The van der Waals surface area contributed by atoms with Gasteiger partial charge in [-0.15, -0.1) is 0 Å². The van der Waals surface area contributed by atoms with Gasteiger partial charge in [0.2, 0.25) is 0 Å². The van der Waals surface area contributed by atoms with Crippen molar-refractivity contribution in [1.82, 2.24) is 0 Å². The maximum atomic E-state index is 9.90. The van der Waals surface area contributed by atoms with Crippen LogP contribution in [0.3, 0.4) is 0 Å². The van der Waals surface area contributed by atoms with E-state index in [9.17, 15) is 19.2 Å². The second-order valence-electron chi connectivity index (χ2n) is 3.99. The molecule has 0 bridgehead atoms. The lowest BCUT2D eigenvalue weighted by Gasteiger charge is -1.92. The van der Waals surface area contributed by atoms with Gasteiger partial charge in [-0.05, 0) is 45.2 Å². The highest BCUT2D eigenvalue weighted by molar-refractivity contribution is 6.75. The van der Waals surface area contributed by atoms with Crippen LogP contribution in [0.2, 0.25) is 0 Å². The van der Waals surface area contributed by atoms with Crippen molar-refractivity contribution in [3.8, 4) is 0 Å². The van der Waals surface area contributed by atoms with Gasteiger partial charge < -0.3 is 20.4 Å². The van der Waals surface area contributed by atoms with E-state index in [-0.39, 0.29) is 25.7 Å². The summed E-state index contributed by atoms with van der Waals surface area (Å²) in [5.74, 6) is -3.48. The third-order valence-electron chi connectivity index (χ3n) is 2.06. The molecule has 0 aliphatic carbocycles. The molecule has 0 aromatic carbocycles. The van der Waals surface area contributed by atoms with E-state index in [0.717, 1.165) is 0 Å². The Hall–Kier alpha value is -1.69. The van der Waals surface area contributed by atoms with Crippen molar-refractivity contribution in [2.45, 2.75) is 51.4 Å². The van der Waals surface area contributed by atoms with Gasteiger partial charge in [0, 0.05) is 25.7 Å². The normalized spacial score (nSPS) is 8.91. The van der Waals surface area contributed by atoms with Gasteiger partial charge in [0.15, 0.2) is 0 Å². The first-order valence-electron chi connectivity index (χ1n) is 7.13. The van der Waals surface area contributed by atoms with Crippen LogP contribution in [-0.2, 0) is 19.2 Å². The molecule has 0 saturated carbocycles. The number of carboxylic acid groups (broad SMARTS) is 4. The zero-order chi connectivity index (χ0) is 18.0. The first kappa shape index (κ1) is 25.3. The molecule has 0 fully saturated rings. The van der Waals surface area contributed by atoms with E-state index in [1.54, 1.807) is 0 Å². The number of rotatable bonds is 10. The Balaban J connectivity index is -0.000000294. The SMILES string of the molecule is O=C(O)CCCCC(=O)O.O=C(O)CCCCC(=O)O.[SiH3][SiH3]. The molecule has 0 aliphatic rings. The third-order valence-corrected chi connectivity index (χ3v) is 2.06. The predicted molar refractivity (Wildman–Crippen MR) is 87.4 cm³/mol. The van der Waals surface area contributed by atoms with Crippen LogP contribution in [0.5, 0.6) is 0 Å². The minimum absolute atomic E-state index is 0.0628. The summed E-state index contributed by atoms with van der Waals surface area (Å²) in [6, 6.07) is 0. The molecule has 22 heavy (non-hydrogen) atoms. The fraction of sp³-hybridized carbons (Fsp3) is 0.667. The zero-order valence-corrected chi connectivity index (χ0v) is 17.1. The maximum absolute atomic E-state index is 9.90. The van der Waals surface area contributed by atoms with Crippen LogP contribution in [0.15, 0.2) is 0 Å². The van der Waals surface area contributed by atoms with Crippen LogP contribution >= 0.6 is 0 Å². The van der Waals surface area contributed by atoms with Crippen LogP contribution in [0.1, 0.15) is 51.4 Å². The van der Waals surface area contributed by atoms with E-state index in [0.29, 0.717) is 25.7 Å². The molecule has 4 N–H and O–H groups in total. The van der Waals surface area contributed by atoms with E-state index in [4.69, 9.17) is 20.4 Å². The summed E-state index contributed by atoms with van der Waals surface area (Å²) in [4.78, 5) is 39.6. The molecule has 0 aromatic rings. The van der Waals surface area contributed by atoms with Crippen LogP contribution < -0.4 is 0 Å². The van der Waals surface area contributed by atoms with Crippen LogP contribution in [0.4, 0.5) is 0 Å². The molecule has 0 unspecified atom stereocenters. The molecule has 0 aromatic heterocycles. The monoisotopic (exact) mass is 354 g/mol. The van der Waals surface area contributed by atoms with Crippen molar-refractivity contribution in [2.24, 2.45) is 0 Å². The number of carboxylic acids is 4. The Morgan fingerprint density at radius 1 is 0.500 bits per heavy atom. The fourth-order valence-corrected chi connectivity index (χ4v) is 1.10. The smallest absolute Gasteiger partial charge is 0.303 e. The van der Waals surface area contributed by atoms with Crippen molar-refractivity contribution in [3.63, 3.8) is 0 Å². The molecule has 130 valence electrons. The third kappa shape index (κ3) is 36.2. The van der Waals surface area contributed by atoms with Gasteiger partial charge in [-0.1, -0.05) is 0 Å². The van der Waals surface area contributed by atoms with Crippen molar-refractivity contribution >= 4 is 43.4 Å². The van der Waals surface area contributed by atoms with E-state index in [2.05, 4.69) is 0 Å². The number of aliphatic carboxylic acids is 4. The fourth-order valence-electron chi connectivity index (χ4n) is 1.10. The van der Waals surface area contributed by atoms with E-state index in [1.165, 1.54) is 19.5 Å². The van der Waals surface area contributed by atoms with Crippen LogP contribution in [0.25, 0.3) is 0 Å². The minimum atomic E-state index is -0.870. The topological polar surface area (TPSA) is 149 Å². The summed E-state index contributed by atoms with van der Waals surface area (Å²) < 4.78 is 0. The Morgan fingerprint density at radius 2 is 0.636 bits per heavy atom. The molecule has 0 atom stereocenters. The van der Waals surface area contributed by atoms with Crippen molar-refractivity contribution < 1.29 is 39.6 Å². The number of hydrogen-bond acceptors (Lipinski definition) is 4. The minimum Gasteiger partial charge on any atom is -0.481 e. The molecule has 0 rings (SSSR count). The van der Waals surface area contributed by atoms with E-state index >= 15 is 0 Å². The standard InChI is InChI=1S/2C6H10O4.H6Si2/c2*7-5(8)3-1-2-4-6(9)10;1-2/h2*1-4H2,(H,7,8)(H,9,10);1-2H3. The molecule has 0 aliphatic heterocycles. The Morgan fingerprint density at radius 3 is 0.727 bits per heavy atom. The lowest BCUT2D eigenvalue weighted by atomic mass is 10.2. The Labute approximate surface area is 135 Å². The molecule has 10 heteroatoms. The molecular formula is C12H26O8Si2. The molecule has 0 saturated heterocycles. The van der Waals surface area contributed by atoms with Gasteiger partial charge in [0.25, 0.3) is 0 Å². The molecular weight excluding hydrogens is 328 g/mol. The van der Waals surface area contributed by atoms with Gasteiger partial charge in [0.1, 0.15) is 0 Å².